The van der Waals surface area contributed by atoms with Crippen LogP contribution < -0.4 is 10.4 Å². The summed E-state index contributed by atoms with van der Waals surface area (Å²) in [5.41, 5.74) is 1.52. The molecule has 0 radical (unpaired) electrons. The molecule has 0 bridgehead atoms. The zero-order valence-electron chi connectivity index (χ0n) is 11.2. The summed E-state index contributed by atoms with van der Waals surface area (Å²) in [5, 5.41) is 0. The van der Waals surface area contributed by atoms with Gasteiger partial charge in [0.15, 0.2) is 0 Å². The molecule has 0 aliphatic rings. The first kappa shape index (κ1) is 12.5. The van der Waals surface area contributed by atoms with Gasteiger partial charge in [-0.25, -0.2) is 4.79 Å². The first-order chi connectivity index (χ1) is 8.43. The molecule has 0 spiro atoms. The minimum Gasteiger partial charge on any atom is -0.497 e. The largest absolute Gasteiger partial charge is 0.497 e. The van der Waals surface area contributed by atoms with Crippen molar-refractivity contribution >= 4 is 0 Å². The molecule has 4 heteroatoms. The van der Waals surface area contributed by atoms with Gasteiger partial charge in [-0.05, 0) is 12.1 Å². The number of rotatable bonds is 2. The Balaban J connectivity index is 2.63. The zero-order valence-corrected chi connectivity index (χ0v) is 11.2. The third kappa shape index (κ3) is 2.18. The fourth-order valence-electron chi connectivity index (χ4n) is 1.93. The number of aromatic nitrogens is 2. The Hall–Kier alpha value is -1.97. The Morgan fingerprint density at radius 1 is 1.28 bits per heavy atom. The van der Waals surface area contributed by atoms with Crippen LogP contribution in [0.1, 0.15) is 26.5 Å². The molecule has 96 valence electrons. The highest BCUT2D eigenvalue weighted by Gasteiger charge is 2.21. The van der Waals surface area contributed by atoms with Gasteiger partial charge in [0.2, 0.25) is 0 Å². The average molecular weight is 246 g/mol. The second kappa shape index (κ2) is 4.37. The minimum absolute atomic E-state index is 0.109. The van der Waals surface area contributed by atoms with Gasteiger partial charge in [-0.1, -0.05) is 26.8 Å². The van der Waals surface area contributed by atoms with Crippen LogP contribution in [0.4, 0.5) is 0 Å². The summed E-state index contributed by atoms with van der Waals surface area (Å²) in [6.07, 6.45) is 1.77. The lowest BCUT2D eigenvalue weighted by Crippen LogP contribution is -2.23. The molecule has 0 amide bonds. The van der Waals surface area contributed by atoms with Crippen LogP contribution in [0, 0.1) is 0 Å². The molecule has 0 unspecified atom stereocenters. The van der Waals surface area contributed by atoms with Gasteiger partial charge in [0, 0.05) is 23.4 Å². The molecule has 2 aromatic rings. The summed E-state index contributed by atoms with van der Waals surface area (Å²) in [6.45, 7) is 6.23. The zero-order chi connectivity index (χ0) is 13.3. The predicted octanol–water partition coefficient (Wildman–Crippen LogP) is 2.47. The third-order valence-electron chi connectivity index (χ3n) is 2.86. The molecule has 1 N–H and O–H groups in total. The van der Waals surface area contributed by atoms with E-state index in [-0.39, 0.29) is 11.1 Å². The van der Waals surface area contributed by atoms with E-state index in [1.807, 2.05) is 24.3 Å². The van der Waals surface area contributed by atoms with E-state index in [4.69, 9.17) is 4.74 Å². The van der Waals surface area contributed by atoms with Crippen molar-refractivity contribution in [3.05, 3.63) is 46.6 Å². The molecular formula is C14H18N2O2. The molecular weight excluding hydrogens is 228 g/mol. The molecule has 0 aliphatic carbocycles. The van der Waals surface area contributed by atoms with Crippen molar-refractivity contribution in [3.8, 4) is 11.4 Å². The predicted molar refractivity (Wildman–Crippen MR) is 71.6 cm³/mol. The summed E-state index contributed by atoms with van der Waals surface area (Å²) < 4.78 is 6.88. The van der Waals surface area contributed by atoms with Crippen LogP contribution in [0.25, 0.3) is 5.69 Å². The highest BCUT2D eigenvalue weighted by molar-refractivity contribution is 5.41. The fraction of sp³-hybridized carbons (Fsp3) is 0.357. The van der Waals surface area contributed by atoms with E-state index in [0.717, 1.165) is 17.1 Å². The Labute approximate surface area is 106 Å². The number of ether oxygens (including phenoxy) is 1. The second-order valence-electron chi connectivity index (χ2n) is 5.27. The topological polar surface area (TPSA) is 47.0 Å². The average Bonchev–Trinajstić information content (AvgIpc) is 2.71. The molecule has 1 heterocycles. The van der Waals surface area contributed by atoms with Gasteiger partial charge in [-0.2, -0.15) is 0 Å². The number of methoxy groups -OCH3 is 1. The van der Waals surface area contributed by atoms with Gasteiger partial charge in [0.1, 0.15) is 5.75 Å². The Bertz CT molecular complexity index is 603. The monoisotopic (exact) mass is 246 g/mol. The lowest BCUT2D eigenvalue weighted by Gasteiger charge is -2.20. The summed E-state index contributed by atoms with van der Waals surface area (Å²) in [6, 6.07) is 7.48. The van der Waals surface area contributed by atoms with Crippen LogP contribution in [-0.2, 0) is 5.41 Å². The van der Waals surface area contributed by atoms with Crippen LogP contribution in [-0.4, -0.2) is 16.7 Å². The van der Waals surface area contributed by atoms with Gasteiger partial charge < -0.3 is 9.72 Å². The maximum Gasteiger partial charge on any atom is 0.330 e. The van der Waals surface area contributed by atoms with Gasteiger partial charge in [0.05, 0.1) is 12.8 Å². The maximum absolute atomic E-state index is 12.0. The van der Waals surface area contributed by atoms with Gasteiger partial charge >= 0.3 is 5.69 Å². The summed E-state index contributed by atoms with van der Waals surface area (Å²) in [7, 11) is 1.61. The third-order valence-corrected chi connectivity index (χ3v) is 2.86. The first-order valence-corrected chi connectivity index (χ1v) is 5.89. The van der Waals surface area contributed by atoms with Crippen molar-refractivity contribution in [3.63, 3.8) is 0 Å². The number of aromatic amines is 1. The van der Waals surface area contributed by atoms with E-state index in [2.05, 4.69) is 25.8 Å². The number of benzene rings is 1. The Kier molecular flexibility index (Phi) is 3.03. The normalized spacial score (nSPS) is 11.6. The smallest absolute Gasteiger partial charge is 0.330 e. The number of imidazole rings is 1. The fourth-order valence-corrected chi connectivity index (χ4v) is 1.93. The molecule has 0 saturated heterocycles. The number of hydrogen-bond acceptors (Lipinski definition) is 2. The van der Waals surface area contributed by atoms with E-state index in [1.165, 1.54) is 0 Å². The molecule has 1 aromatic carbocycles. The van der Waals surface area contributed by atoms with Crippen LogP contribution >= 0.6 is 0 Å². The highest BCUT2D eigenvalue weighted by Crippen LogP contribution is 2.24. The van der Waals surface area contributed by atoms with Crippen LogP contribution in [0.15, 0.2) is 35.3 Å². The van der Waals surface area contributed by atoms with Crippen molar-refractivity contribution in [2.75, 3.05) is 7.11 Å². The van der Waals surface area contributed by atoms with Gasteiger partial charge in [-0.15, -0.1) is 0 Å². The van der Waals surface area contributed by atoms with Crippen LogP contribution in [0.2, 0.25) is 0 Å². The Morgan fingerprint density at radius 3 is 2.61 bits per heavy atom. The summed E-state index contributed by atoms with van der Waals surface area (Å²) >= 11 is 0. The Morgan fingerprint density at radius 2 is 2.00 bits per heavy atom. The second-order valence-corrected chi connectivity index (χ2v) is 5.27. The summed E-state index contributed by atoms with van der Waals surface area (Å²) in [5.74, 6) is 0.737. The van der Waals surface area contributed by atoms with Gasteiger partial charge in [-0.3, -0.25) is 4.57 Å². The highest BCUT2D eigenvalue weighted by atomic mass is 16.5. The molecule has 2 rings (SSSR count). The van der Waals surface area contributed by atoms with Crippen molar-refractivity contribution in [2.24, 2.45) is 0 Å². The van der Waals surface area contributed by atoms with E-state index in [1.54, 1.807) is 17.9 Å². The number of H-pyrrole nitrogens is 1. The van der Waals surface area contributed by atoms with Crippen molar-refractivity contribution in [1.29, 1.82) is 0 Å². The minimum atomic E-state index is -0.131. The number of nitrogens with one attached hydrogen (secondary N) is 1. The molecule has 0 saturated carbocycles. The van der Waals surface area contributed by atoms with E-state index < -0.39 is 0 Å². The van der Waals surface area contributed by atoms with E-state index in [9.17, 15) is 4.79 Å². The molecule has 0 aliphatic heterocycles. The van der Waals surface area contributed by atoms with Crippen LogP contribution in [0.5, 0.6) is 5.75 Å². The quantitative estimate of drug-likeness (QED) is 0.884. The number of hydrogen-bond donors (Lipinski definition) is 1. The maximum atomic E-state index is 12.0. The SMILES string of the molecule is COc1cccc(-n2c(C(C)(C)C)c[nH]c2=O)c1. The standard InChI is InChI=1S/C14H18N2O2/c1-14(2,3)12-9-15-13(17)16(12)10-6-5-7-11(8-10)18-4/h5-9H,1-4H3,(H,15,17). The van der Waals surface area contributed by atoms with E-state index >= 15 is 0 Å². The first-order valence-electron chi connectivity index (χ1n) is 5.89. The lowest BCUT2D eigenvalue weighted by molar-refractivity contribution is 0.414. The molecule has 0 fully saturated rings. The number of nitrogens with zero attached hydrogens (tertiary/aromatic N) is 1. The van der Waals surface area contributed by atoms with E-state index in [0.29, 0.717) is 0 Å². The van der Waals surface area contributed by atoms with Gasteiger partial charge in [0.25, 0.3) is 0 Å². The van der Waals surface area contributed by atoms with Crippen molar-refractivity contribution < 1.29 is 4.74 Å². The van der Waals surface area contributed by atoms with Crippen LogP contribution in [0.3, 0.4) is 0 Å². The van der Waals surface area contributed by atoms with Crippen molar-refractivity contribution in [2.45, 2.75) is 26.2 Å². The van der Waals surface area contributed by atoms with Crippen molar-refractivity contribution in [1.82, 2.24) is 9.55 Å². The lowest BCUT2D eigenvalue weighted by atomic mass is 9.92. The molecule has 4 nitrogen and oxygen atoms in total. The molecule has 18 heavy (non-hydrogen) atoms. The molecule has 1 aromatic heterocycles. The summed E-state index contributed by atoms with van der Waals surface area (Å²) in [4.78, 5) is 14.7. The molecule has 0 atom stereocenters.